The van der Waals surface area contributed by atoms with E-state index in [4.69, 9.17) is 47.8 Å². The van der Waals surface area contributed by atoms with Gasteiger partial charge in [0.15, 0.2) is 34.5 Å². The average Bonchev–Trinajstić information content (AvgIpc) is 4.38. The lowest BCUT2D eigenvalue weighted by Crippen LogP contribution is -2.34. The second-order valence-corrected chi connectivity index (χ2v) is 18.1. The van der Waals surface area contributed by atoms with Crippen LogP contribution in [0.1, 0.15) is 63.1 Å². The largest absolute Gasteiger partial charge is 0.481 e. The number of allylic oxidation sites excluding steroid dienone is 3. The first-order valence-electron chi connectivity index (χ1n) is 24.8. The molecule has 432 valence electrons. The van der Waals surface area contributed by atoms with Crippen molar-refractivity contribution < 1.29 is 110 Å². The normalized spacial score (nSPS) is 17.9. The van der Waals surface area contributed by atoms with Gasteiger partial charge in [-0.15, -0.1) is 5.06 Å². The summed E-state index contributed by atoms with van der Waals surface area (Å²) in [6.45, 7) is 6.45. The maximum absolute atomic E-state index is 13.2. The third-order valence-corrected chi connectivity index (χ3v) is 12.8. The fourth-order valence-corrected chi connectivity index (χ4v) is 8.78. The number of carboxylic acids is 1. The Bertz CT molecular complexity index is 3220. The van der Waals surface area contributed by atoms with Crippen molar-refractivity contribution in [3.63, 3.8) is 0 Å². The maximum atomic E-state index is 13.2. The molecule has 0 bridgehead atoms. The number of nitrogens with one attached hydrogen (secondary N) is 1. The number of carbonyl (C=O) groups is 11. The van der Waals surface area contributed by atoms with E-state index in [1.54, 1.807) is 50.2 Å². The molecule has 1 fully saturated rings. The number of aliphatic carboxylic acids is 1. The van der Waals surface area contributed by atoms with Gasteiger partial charge in [-0.3, -0.25) is 24.0 Å². The number of methoxy groups -OCH3 is 3. The number of imide groups is 1. The van der Waals surface area contributed by atoms with Crippen LogP contribution < -0.4 is 33.7 Å². The van der Waals surface area contributed by atoms with Gasteiger partial charge in [-0.05, 0) is 73.9 Å². The topological polar surface area (TPSA) is 331 Å². The number of fused-ring (bicyclic) bond motifs is 3. The van der Waals surface area contributed by atoms with Crippen LogP contribution in [0.4, 0.5) is 0 Å². The molecule has 2 N–H and O–H groups in total. The van der Waals surface area contributed by atoms with E-state index in [-0.39, 0.29) is 63.4 Å². The molecule has 0 aromatic heterocycles. The number of esters is 5. The number of hydrogen-bond acceptors (Lipinski definition) is 23. The number of cyclic esters (lactones) is 2. The summed E-state index contributed by atoms with van der Waals surface area (Å²) in [6, 6.07) is 16.2. The van der Waals surface area contributed by atoms with Crippen LogP contribution in [0.2, 0.25) is 0 Å². The van der Waals surface area contributed by atoms with Crippen molar-refractivity contribution in [2.75, 3.05) is 41.7 Å². The molecular formula is C55H54N4O23. The smallest absolute Gasteiger partial charge is 0.338 e. The van der Waals surface area contributed by atoms with E-state index in [9.17, 15) is 52.7 Å². The number of hydrogen-bond donors (Lipinski definition) is 2. The van der Waals surface area contributed by atoms with Crippen LogP contribution in [0.3, 0.4) is 0 Å². The Hall–Kier alpha value is -10.2. The molecule has 27 heteroatoms. The zero-order valence-corrected chi connectivity index (χ0v) is 44.9. The van der Waals surface area contributed by atoms with Crippen molar-refractivity contribution in [1.82, 2.24) is 20.2 Å². The predicted octanol–water partition coefficient (Wildman–Crippen LogP) is 3.32. The molecule has 0 aliphatic carbocycles. The quantitative estimate of drug-likeness (QED) is 0.0724. The third kappa shape index (κ3) is 14.3. The Kier molecular flexibility index (Phi) is 19.3. The van der Waals surface area contributed by atoms with Crippen molar-refractivity contribution in [3.05, 3.63) is 118 Å². The molecule has 7 heterocycles. The molecule has 27 nitrogen and oxygen atoms in total. The zero-order valence-electron chi connectivity index (χ0n) is 44.9. The van der Waals surface area contributed by atoms with Gasteiger partial charge in [0.1, 0.15) is 0 Å². The minimum Gasteiger partial charge on any atom is -0.481 e. The number of benzene rings is 3. The van der Waals surface area contributed by atoms with E-state index >= 15 is 0 Å². The Morgan fingerprint density at radius 2 is 1.01 bits per heavy atom. The van der Waals surface area contributed by atoms with E-state index in [0.717, 1.165) is 46.0 Å². The Morgan fingerprint density at radius 3 is 1.41 bits per heavy atom. The molecular weight excluding hydrogens is 1080 g/mol. The van der Waals surface area contributed by atoms with Crippen LogP contribution in [0.5, 0.6) is 34.5 Å². The molecule has 7 aliphatic heterocycles. The Balaban J connectivity index is 0.000000172. The monoisotopic (exact) mass is 1140 g/mol. The number of carbonyl (C=O) groups excluding carboxylic acids is 10. The van der Waals surface area contributed by atoms with E-state index in [1.165, 1.54) is 37.2 Å². The van der Waals surface area contributed by atoms with Crippen LogP contribution in [-0.2, 0) is 96.2 Å². The highest BCUT2D eigenvalue weighted by molar-refractivity contribution is 6.06. The van der Waals surface area contributed by atoms with Crippen LogP contribution in [0, 0.1) is 11.8 Å². The molecule has 82 heavy (non-hydrogen) atoms. The lowest BCUT2D eigenvalue weighted by molar-refractivity contribution is -0.198. The first kappa shape index (κ1) is 59.5. The molecule has 1 saturated heterocycles. The molecule has 10 rings (SSSR count). The van der Waals surface area contributed by atoms with E-state index < -0.39 is 84.1 Å². The highest BCUT2D eigenvalue weighted by Crippen LogP contribution is 2.39. The number of hydroxylamine groups is 2. The minimum absolute atomic E-state index is 0.0225. The molecule has 4 amide bonds. The second kappa shape index (κ2) is 26.6. The van der Waals surface area contributed by atoms with E-state index in [0.29, 0.717) is 46.0 Å². The summed E-state index contributed by atoms with van der Waals surface area (Å²) in [6.07, 6.45) is 2.49. The lowest BCUT2D eigenvalue weighted by Gasteiger charge is -2.19. The number of nitrogens with zero attached hydrogens (tertiary/aromatic N) is 3. The Morgan fingerprint density at radius 1 is 0.598 bits per heavy atom. The zero-order chi connectivity index (χ0) is 59.4. The van der Waals surface area contributed by atoms with Crippen molar-refractivity contribution >= 4 is 65.4 Å². The summed E-state index contributed by atoms with van der Waals surface area (Å²) in [5.74, 6) is -5.65. The second-order valence-electron chi connectivity index (χ2n) is 18.1. The van der Waals surface area contributed by atoms with Crippen LogP contribution in [-0.4, -0.2) is 127 Å². The summed E-state index contributed by atoms with van der Waals surface area (Å²) < 4.78 is 49.8. The molecule has 0 spiro atoms. The van der Waals surface area contributed by atoms with Crippen molar-refractivity contribution in [2.24, 2.45) is 11.8 Å². The number of carboxylic acid groups (broad SMARTS) is 1. The fraction of sp³-hybridized carbons (Fsp3) is 0.327. The van der Waals surface area contributed by atoms with Crippen molar-refractivity contribution in [1.29, 1.82) is 0 Å². The summed E-state index contributed by atoms with van der Waals surface area (Å²) in [5.41, 5.74) is 4.16. The van der Waals surface area contributed by atoms with Gasteiger partial charge < -0.3 is 72.4 Å². The molecule has 7 aliphatic rings. The van der Waals surface area contributed by atoms with Gasteiger partial charge >= 0.3 is 41.8 Å². The van der Waals surface area contributed by atoms with Crippen LogP contribution >= 0.6 is 0 Å². The van der Waals surface area contributed by atoms with Crippen molar-refractivity contribution in [3.8, 4) is 34.5 Å². The van der Waals surface area contributed by atoms with Gasteiger partial charge in [-0.25, -0.2) is 28.8 Å². The van der Waals surface area contributed by atoms with Gasteiger partial charge in [0, 0.05) is 54.7 Å². The molecule has 2 unspecified atom stereocenters. The minimum atomic E-state index is -1.17. The first-order valence-corrected chi connectivity index (χ1v) is 24.8. The van der Waals surface area contributed by atoms with Gasteiger partial charge in [0.25, 0.3) is 11.8 Å². The van der Waals surface area contributed by atoms with Gasteiger partial charge in [-0.1, -0.05) is 18.2 Å². The van der Waals surface area contributed by atoms with Gasteiger partial charge in [0.05, 0.1) is 70.2 Å². The van der Waals surface area contributed by atoms with E-state index in [2.05, 4.69) is 14.8 Å². The highest BCUT2D eigenvalue weighted by Gasteiger charge is 2.45. The third-order valence-electron chi connectivity index (χ3n) is 12.8. The van der Waals surface area contributed by atoms with Gasteiger partial charge in [-0.2, -0.15) is 0 Å². The van der Waals surface area contributed by atoms with E-state index in [1.807, 2.05) is 25.1 Å². The highest BCUT2D eigenvalue weighted by atomic mass is 16.7. The van der Waals surface area contributed by atoms with Gasteiger partial charge in [0.2, 0.25) is 32.2 Å². The maximum Gasteiger partial charge on any atom is 0.338 e. The number of rotatable bonds is 15. The average molecular weight is 1140 g/mol. The SMILES string of the molecule is COC(=O)/C=C(/C)NCc1ccc2c(c1)OCO2.COC(=O)C1=C(C)N(Cc2ccc3c(c2)OCO3)C(=O)C1CC(=O)O.COC(=O)C1=C(C)N(Cc2ccc3c(c2)OCO3)C(=O)C1CC(=O)ON1C(=O)CCC1=O.O=C1C=CC(=O)O1. The number of amides is 4. The summed E-state index contributed by atoms with van der Waals surface area (Å²) in [7, 11) is 3.72. The molecule has 3 aromatic carbocycles. The van der Waals surface area contributed by atoms with Crippen molar-refractivity contribution in [2.45, 2.75) is 66.1 Å². The predicted molar refractivity (Wildman–Crippen MR) is 272 cm³/mol. The molecule has 0 saturated carbocycles. The summed E-state index contributed by atoms with van der Waals surface area (Å²) in [5, 5.41) is 12.6. The summed E-state index contributed by atoms with van der Waals surface area (Å²) >= 11 is 0. The lowest BCUT2D eigenvalue weighted by atomic mass is 9.97. The van der Waals surface area contributed by atoms with Crippen LogP contribution in [0.25, 0.3) is 0 Å². The first-order chi connectivity index (χ1) is 39.2. The fourth-order valence-electron chi connectivity index (χ4n) is 8.78. The van der Waals surface area contributed by atoms with Crippen LogP contribution in [0.15, 0.2) is 101 Å². The molecule has 3 aromatic rings. The molecule has 0 radical (unpaired) electrons. The Labute approximate surface area is 466 Å². The molecule has 2 atom stereocenters. The summed E-state index contributed by atoms with van der Waals surface area (Å²) in [4.78, 5) is 136. The standard InChI is InChI=1S/C21H20N2O9.C17H17NO7.C13H15NO4.C4H2O3/c1-11-19(21(28)29-2)13(8-18(26)32-23-16(24)5-6-17(23)25)20(27)22(11)9-12-3-4-14-15(7-12)31-10-30-14;1-9-15(17(22)23-2)11(6-14(19)20)16(21)18(9)7-10-3-4-12-13(5-10)25-8-24-12;1-9(5-13(15)16-2)14-7-10-3-4-11-12(6-10)18-8-17-11;5-3-1-2-4(6)7-3/h3-4,7,13H,5-6,8-10H2,1-2H3;3-5,11H,6-8H2,1-2H3,(H,19,20);3-6,14H,7-8H2,1-2H3;1-2H/b;;9-5-;. The number of ether oxygens (including phenoxy) is 10.